The zero-order valence-electron chi connectivity index (χ0n) is 8.33. The highest BCUT2D eigenvalue weighted by Crippen LogP contribution is 2.24. The van der Waals surface area contributed by atoms with Gasteiger partial charge >= 0.3 is 0 Å². The lowest BCUT2D eigenvalue weighted by atomic mass is 10.1. The molecule has 0 bridgehead atoms. The summed E-state index contributed by atoms with van der Waals surface area (Å²) in [5, 5.41) is 1.54. The van der Waals surface area contributed by atoms with Crippen molar-refractivity contribution in [3.8, 4) is 5.88 Å². The van der Waals surface area contributed by atoms with Gasteiger partial charge < -0.3 is 10.5 Å². The molecule has 3 nitrogen and oxygen atoms in total. The van der Waals surface area contributed by atoms with Crippen LogP contribution in [-0.4, -0.2) is 12.1 Å². The summed E-state index contributed by atoms with van der Waals surface area (Å²) >= 11 is 0. The Hall–Kier alpha value is -1.68. The fourth-order valence-corrected chi connectivity index (χ4v) is 1.51. The van der Waals surface area contributed by atoms with Crippen LogP contribution in [0.1, 0.15) is 5.69 Å². The molecule has 1 aromatic heterocycles. The van der Waals surface area contributed by atoms with Crippen LogP contribution >= 0.6 is 0 Å². The SMILES string of the molecule is COc1nc(CN)cc2cc(F)ccc12. The number of ether oxygens (including phenoxy) is 1. The molecule has 0 fully saturated rings. The number of methoxy groups -OCH3 is 1. The maximum absolute atomic E-state index is 13.0. The molecule has 2 N–H and O–H groups in total. The van der Waals surface area contributed by atoms with Crippen LogP contribution in [0.2, 0.25) is 0 Å². The van der Waals surface area contributed by atoms with Gasteiger partial charge in [0.15, 0.2) is 0 Å². The molecular weight excluding hydrogens is 195 g/mol. The summed E-state index contributed by atoms with van der Waals surface area (Å²) in [6.45, 7) is 0.308. The first-order valence-electron chi connectivity index (χ1n) is 4.58. The van der Waals surface area contributed by atoms with Crippen LogP contribution in [0.4, 0.5) is 4.39 Å². The lowest BCUT2D eigenvalue weighted by molar-refractivity contribution is 0.402. The Labute approximate surface area is 86.7 Å². The predicted octanol–water partition coefficient (Wildman–Crippen LogP) is 1.84. The Bertz CT molecular complexity index is 499. The summed E-state index contributed by atoms with van der Waals surface area (Å²) in [5.74, 6) is 0.201. The number of benzene rings is 1. The van der Waals surface area contributed by atoms with Crippen LogP contribution in [0.25, 0.3) is 10.8 Å². The van der Waals surface area contributed by atoms with Gasteiger partial charge in [0.25, 0.3) is 0 Å². The molecule has 0 radical (unpaired) electrons. The van der Waals surface area contributed by atoms with E-state index in [1.807, 2.05) is 0 Å². The second-order valence-corrected chi connectivity index (χ2v) is 3.19. The number of pyridine rings is 1. The van der Waals surface area contributed by atoms with Gasteiger partial charge in [0.1, 0.15) is 5.82 Å². The van der Waals surface area contributed by atoms with Crippen molar-refractivity contribution in [3.63, 3.8) is 0 Å². The van der Waals surface area contributed by atoms with E-state index in [1.54, 1.807) is 12.1 Å². The molecule has 0 unspecified atom stereocenters. The van der Waals surface area contributed by atoms with Gasteiger partial charge in [-0.15, -0.1) is 0 Å². The van der Waals surface area contributed by atoms with Gasteiger partial charge in [-0.05, 0) is 29.7 Å². The minimum absolute atomic E-state index is 0.279. The van der Waals surface area contributed by atoms with Crippen molar-refractivity contribution in [3.05, 3.63) is 35.8 Å². The van der Waals surface area contributed by atoms with Gasteiger partial charge in [0.2, 0.25) is 5.88 Å². The fraction of sp³-hybridized carbons (Fsp3) is 0.182. The summed E-state index contributed by atoms with van der Waals surface area (Å²) in [7, 11) is 1.53. The van der Waals surface area contributed by atoms with E-state index in [1.165, 1.54) is 19.2 Å². The van der Waals surface area contributed by atoms with Gasteiger partial charge in [-0.25, -0.2) is 9.37 Å². The number of halogens is 1. The third kappa shape index (κ3) is 1.76. The number of aromatic nitrogens is 1. The zero-order chi connectivity index (χ0) is 10.8. The predicted molar refractivity (Wildman–Crippen MR) is 56.1 cm³/mol. The van der Waals surface area contributed by atoms with Crippen molar-refractivity contribution in [1.82, 2.24) is 4.98 Å². The molecule has 0 aliphatic heterocycles. The third-order valence-corrected chi connectivity index (χ3v) is 2.21. The van der Waals surface area contributed by atoms with Crippen LogP contribution in [0.3, 0.4) is 0 Å². The van der Waals surface area contributed by atoms with Gasteiger partial charge in [-0.3, -0.25) is 0 Å². The highest BCUT2D eigenvalue weighted by molar-refractivity contribution is 5.87. The van der Waals surface area contributed by atoms with Crippen LogP contribution in [-0.2, 0) is 6.54 Å². The van der Waals surface area contributed by atoms with Crippen molar-refractivity contribution in [2.24, 2.45) is 5.73 Å². The maximum Gasteiger partial charge on any atom is 0.221 e. The molecule has 2 aromatic rings. The number of rotatable bonds is 2. The van der Waals surface area contributed by atoms with Crippen LogP contribution < -0.4 is 10.5 Å². The average molecular weight is 206 g/mol. The Kier molecular flexibility index (Phi) is 2.51. The van der Waals surface area contributed by atoms with E-state index in [9.17, 15) is 4.39 Å². The highest BCUT2D eigenvalue weighted by atomic mass is 19.1. The molecular formula is C11H11FN2O. The van der Waals surface area contributed by atoms with E-state index in [2.05, 4.69) is 4.98 Å². The molecule has 1 heterocycles. The number of hydrogen-bond acceptors (Lipinski definition) is 3. The summed E-state index contributed by atoms with van der Waals surface area (Å²) in [6, 6.07) is 6.24. The number of fused-ring (bicyclic) bond motifs is 1. The van der Waals surface area contributed by atoms with Crippen molar-refractivity contribution in [1.29, 1.82) is 0 Å². The van der Waals surface area contributed by atoms with Crippen molar-refractivity contribution in [2.45, 2.75) is 6.54 Å². The molecule has 0 aliphatic carbocycles. The van der Waals surface area contributed by atoms with Gasteiger partial charge in [0.05, 0.1) is 12.8 Å². The van der Waals surface area contributed by atoms with E-state index in [-0.39, 0.29) is 5.82 Å². The Morgan fingerprint density at radius 3 is 2.87 bits per heavy atom. The first-order valence-corrected chi connectivity index (χ1v) is 4.58. The smallest absolute Gasteiger partial charge is 0.221 e. The number of nitrogens with two attached hydrogens (primary N) is 1. The minimum atomic E-state index is -0.279. The van der Waals surface area contributed by atoms with Crippen molar-refractivity contribution < 1.29 is 9.13 Å². The molecule has 2 rings (SSSR count). The van der Waals surface area contributed by atoms with E-state index in [0.29, 0.717) is 18.1 Å². The van der Waals surface area contributed by atoms with Gasteiger partial charge in [-0.2, -0.15) is 0 Å². The lowest BCUT2D eigenvalue weighted by Gasteiger charge is -2.06. The highest BCUT2D eigenvalue weighted by Gasteiger charge is 2.06. The topological polar surface area (TPSA) is 48.1 Å². The average Bonchev–Trinajstić information content (AvgIpc) is 2.26. The molecule has 0 aliphatic rings. The van der Waals surface area contributed by atoms with E-state index in [4.69, 9.17) is 10.5 Å². The fourth-order valence-electron chi connectivity index (χ4n) is 1.51. The maximum atomic E-state index is 13.0. The monoisotopic (exact) mass is 206 g/mol. The second kappa shape index (κ2) is 3.82. The molecule has 0 amide bonds. The number of hydrogen-bond donors (Lipinski definition) is 1. The van der Waals surface area contributed by atoms with Crippen molar-refractivity contribution in [2.75, 3.05) is 7.11 Å². The van der Waals surface area contributed by atoms with E-state index < -0.39 is 0 Å². The summed E-state index contributed by atoms with van der Waals surface area (Å²) in [4.78, 5) is 4.20. The molecule has 1 aromatic carbocycles. The largest absolute Gasteiger partial charge is 0.481 e. The molecule has 15 heavy (non-hydrogen) atoms. The molecule has 0 spiro atoms. The normalized spacial score (nSPS) is 10.6. The van der Waals surface area contributed by atoms with Crippen LogP contribution in [0, 0.1) is 5.82 Å². The quantitative estimate of drug-likeness (QED) is 0.815. The third-order valence-electron chi connectivity index (χ3n) is 2.21. The van der Waals surface area contributed by atoms with Gasteiger partial charge in [0, 0.05) is 11.9 Å². The van der Waals surface area contributed by atoms with Crippen LogP contribution in [0.5, 0.6) is 5.88 Å². The minimum Gasteiger partial charge on any atom is -0.481 e. The molecule has 0 atom stereocenters. The zero-order valence-corrected chi connectivity index (χ0v) is 8.33. The molecule has 0 saturated heterocycles. The van der Waals surface area contributed by atoms with E-state index >= 15 is 0 Å². The molecule has 4 heteroatoms. The van der Waals surface area contributed by atoms with Crippen molar-refractivity contribution >= 4 is 10.8 Å². The molecule has 0 saturated carbocycles. The van der Waals surface area contributed by atoms with Gasteiger partial charge in [-0.1, -0.05) is 0 Å². The summed E-state index contributed by atoms with van der Waals surface area (Å²) in [6.07, 6.45) is 0. The second-order valence-electron chi connectivity index (χ2n) is 3.19. The lowest BCUT2D eigenvalue weighted by Crippen LogP contribution is -2.01. The summed E-state index contributed by atoms with van der Waals surface area (Å²) < 4.78 is 18.1. The van der Waals surface area contributed by atoms with E-state index in [0.717, 1.165) is 10.8 Å². The Morgan fingerprint density at radius 2 is 2.20 bits per heavy atom. The first kappa shape index (κ1) is 9.86. The standard InChI is InChI=1S/C11H11FN2O/c1-15-11-10-3-2-8(12)4-7(10)5-9(6-13)14-11/h2-5H,6,13H2,1H3. The first-order chi connectivity index (χ1) is 7.24. The number of nitrogens with zero attached hydrogens (tertiary/aromatic N) is 1. The summed E-state index contributed by atoms with van der Waals surface area (Å²) in [5.41, 5.74) is 6.18. The Morgan fingerprint density at radius 1 is 1.40 bits per heavy atom. The molecule has 78 valence electrons. The van der Waals surface area contributed by atoms with Crippen LogP contribution in [0.15, 0.2) is 24.3 Å². The Balaban J connectivity index is 2.74.